The highest BCUT2D eigenvalue weighted by atomic mass is 16.6. The van der Waals surface area contributed by atoms with Crippen molar-refractivity contribution in [1.29, 1.82) is 0 Å². The Morgan fingerprint density at radius 3 is 2.77 bits per heavy atom. The summed E-state index contributed by atoms with van der Waals surface area (Å²) in [5.74, 6) is 0.530. The van der Waals surface area contributed by atoms with E-state index in [0.29, 0.717) is 17.5 Å². The fourth-order valence-corrected chi connectivity index (χ4v) is 3.27. The number of hydrogen-bond donors (Lipinski definition) is 1. The first kappa shape index (κ1) is 20.3. The first-order valence-electron chi connectivity index (χ1n) is 9.97. The third-order valence-corrected chi connectivity index (χ3v) is 5.28. The molecule has 0 bridgehead atoms. The van der Waals surface area contributed by atoms with E-state index < -0.39 is 10.7 Å². The minimum Gasteiger partial charge on any atom is -0.502 e. The number of nitro groups is 1. The van der Waals surface area contributed by atoms with Gasteiger partial charge in [-0.05, 0) is 54.3 Å². The molecule has 0 radical (unpaired) electrons. The number of hydrogen-bond acceptors (Lipinski definition) is 6. The zero-order chi connectivity index (χ0) is 22.0. The second-order valence-corrected chi connectivity index (χ2v) is 7.34. The molecule has 7 nitrogen and oxygen atoms in total. The highest BCUT2D eigenvalue weighted by Gasteiger charge is 2.15. The maximum Gasteiger partial charge on any atom is 0.311 e. The lowest BCUT2D eigenvalue weighted by Crippen LogP contribution is -1.91. The van der Waals surface area contributed by atoms with Crippen LogP contribution in [-0.2, 0) is 0 Å². The number of nitrogens with zero attached hydrogens (tertiary/aromatic N) is 3. The smallest absolute Gasteiger partial charge is 0.311 e. The van der Waals surface area contributed by atoms with E-state index in [4.69, 9.17) is 4.42 Å². The lowest BCUT2D eigenvalue weighted by Gasteiger charge is -2.07. The number of rotatable bonds is 6. The standard InChI is InChI=1S/C24H21N3O4/c1-3-15(2)16-10-11-22-20(13-16)26-24(31-22)17-6-4-8-19(12-17)25-14-18-7-5-9-21(23(18)28)27(29)30/h4-15,28H,3H2,1-2H3/t15-/m0/s1. The van der Waals surface area contributed by atoms with Gasteiger partial charge in [0.25, 0.3) is 0 Å². The van der Waals surface area contributed by atoms with Gasteiger partial charge in [-0.1, -0.05) is 32.0 Å². The molecule has 0 saturated carbocycles. The van der Waals surface area contributed by atoms with Crippen molar-refractivity contribution in [3.63, 3.8) is 0 Å². The maximum atomic E-state index is 11.0. The Labute approximate surface area is 178 Å². The van der Waals surface area contributed by atoms with Crippen molar-refractivity contribution >= 4 is 28.7 Å². The molecule has 1 heterocycles. The van der Waals surface area contributed by atoms with E-state index in [1.165, 1.54) is 23.9 Å². The number of nitro benzene ring substituents is 1. The van der Waals surface area contributed by atoms with Crippen molar-refractivity contribution in [2.75, 3.05) is 0 Å². The van der Waals surface area contributed by atoms with Gasteiger partial charge in [0.2, 0.25) is 11.6 Å². The molecule has 31 heavy (non-hydrogen) atoms. The molecule has 1 aromatic heterocycles. The average Bonchev–Trinajstić information content (AvgIpc) is 3.21. The molecule has 1 atom stereocenters. The van der Waals surface area contributed by atoms with Crippen molar-refractivity contribution in [1.82, 2.24) is 4.98 Å². The van der Waals surface area contributed by atoms with Crippen molar-refractivity contribution in [3.8, 4) is 17.2 Å². The van der Waals surface area contributed by atoms with Gasteiger partial charge >= 0.3 is 5.69 Å². The zero-order valence-electron chi connectivity index (χ0n) is 17.1. The Kier molecular flexibility index (Phi) is 5.49. The van der Waals surface area contributed by atoms with Gasteiger partial charge in [0, 0.05) is 23.4 Å². The summed E-state index contributed by atoms with van der Waals surface area (Å²) >= 11 is 0. The second kappa shape index (κ2) is 8.39. The van der Waals surface area contributed by atoms with Crippen LogP contribution in [0.4, 0.5) is 11.4 Å². The average molecular weight is 415 g/mol. The molecular weight excluding hydrogens is 394 g/mol. The Morgan fingerprint density at radius 2 is 2.00 bits per heavy atom. The van der Waals surface area contributed by atoms with Gasteiger partial charge in [0.1, 0.15) is 5.52 Å². The third kappa shape index (κ3) is 4.16. The van der Waals surface area contributed by atoms with Crippen LogP contribution in [-0.4, -0.2) is 21.2 Å². The van der Waals surface area contributed by atoms with Gasteiger partial charge in [-0.15, -0.1) is 0 Å². The summed E-state index contributed by atoms with van der Waals surface area (Å²) in [5, 5.41) is 21.1. The number of benzene rings is 3. The van der Waals surface area contributed by atoms with Crippen LogP contribution in [0.5, 0.6) is 5.75 Å². The number of aromatic hydroxyl groups is 1. The van der Waals surface area contributed by atoms with Gasteiger partial charge < -0.3 is 9.52 Å². The van der Waals surface area contributed by atoms with Gasteiger partial charge in [-0.3, -0.25) is 15.1 Å². The van der Waals surface area contributed by atoms with Crippen molar-refractivity contribution < 1.29 is 14.4 Å². The lowest BCUT2D eigenvalue weighted by atomic mass is 9.98. The quantitative estimate of drug-likeness (QED) is 0.224. The fraction of sp³-hybridized carbons (Fsp3) is 0.167. The molecule has 1 N–H and O–H groups in total. The van der Waals surface area contributed by atoms with Crippen LogP contribution in [0.25, 0.3) is 22.6 Å². The van der Waals surface area contributed by atoms with E-state index >= 15 is 0 Å². The molecule has 0 aliphatic heterocycles. The van der Waals surface area contributed by atoms with Crippen LogP contribution in [0.15, 0.2) is 70.1 Å². The van der Waals surface area contributed by atoms with Gasteiger partial charge in [0.15, 0.2) is 5.58 Å². The monoisotopic (exact) mass is 415 g/mol. The summed E-state index contributed by atoms with van der Waals surface area (Å²) < 4.78 is 5.92. The van der Waals surface area contributed by atoms with E-state index in [1.54, 1.807) is 12.1 Å². The molecule has 0 unspecified atom stereocenters. The fourth-order valence-electron chi connectivity index (χ4n) is 3.27. The van der Waals surface area contributed by atoms with Crippen molar-refractivity contribution in [3.05, 3.63) is 81.9 Å². The number of phenolic OH excluding ortho intramolecular Hbond substituents is 1. The molecule has 0 aliphatic rings. The molecule has 7 heteroatoms. The van der Waals surface area contributed by atoms with E-state index in [1.807, 2.05) is 24.3 Å². The predicted molar refractivity (Wildman–Crippen MR) is 120 cm³/mol. The van der Waals surface area contributed by atoms with E-state index in [9.17, 15) is 15.2 Å². The lowest BCUT2D eigenvalue weighted by molar-refractivity contribution is -0.385. The second-order valence-electron chi connectivity index (χ2n) is 7.34. The summed E-state index contributed by atoms with van der Waals surface area (Å²) in [4.78, 5) is 19.3. The molecule has 156 valence electrons. The number of para-hydroxylation sites is 1. The predicted octanol–water partition coefficient (Wildman–Crippen LogP) is 6.37. The van der Waals surface area contributed by atoms with Crippen LogP contribution in [0, 0.1) is 10.1 Å². The van der Waals surface area contributed by atoms with E-state index in [0.717, 1.165) is 23.1 Å². The number of aromatic nitrogens is 1. The number of fused-ring (bicyclic) bond motifs is 1. The summed E-state index contributed by atoms with van der Waals surface area (Å²) in [7, 11) is 0. The molecule has 0 fully saturated rings. The topological polar surface area (TPSA) is 102 Å². The number of phenols is 1. The summed E-state index contributed by atoms with van der Waals surface area (Å²) in [6, 6.07) is 17.7. The summed E-state index contributed by atoms with van der Waals surface area (Å²) in [6.45, 7) is 4.34. The molecule has 3 aromatic carbocycles. The van der Waals surface area contributed by atoms with Crippen LogP contribution < -0.4 is 0 Å². The van der Waals surface area contributed by atoms with E-state index in [-0.39, 0.29) is 11.3 Å². The van der Waals surface area contributed by atoms with Crippen molar-refractivity contribution in [2.24, 2.45) is 4.99 Å². The van der Waals surface area contributed by atoms with Crippen LogP contribution in [0.2, 0.25) is 0 Å². The molecule has 0 spiro atoms. The van der Waals surface area contributed by atoms with E-state index in [2.05, 4.69) is 36.0 Å². The van der Waals surface area contributed by atoms with Crippen molar-refractivity contribution in [2.45, 2.75) is 26.2 Å². The van der Waals surface area contributed by atoms with Gasteiger partial charge in [-0.25, -0.2) is 4.98 Å². The molecular formula is C24H21N3O4. The Bertz CT molecular complexity index is 1290. The largest absolute Gasteiger partial charge is 0.502 e. The van der Waals surface area contributed by atoms with Gasteiger partial charge in [-0.2, -0.15) is 0 Å². The normalized spacial score (nSPS) is 12.5. The van der Waals surface area contributed by atoms with Crippen LogP contribution in [0.1, 0.15) is 37.3 Å². The Hall–Kier alpha value is -4.00. The first-order valence-corrected chi connectivity index (χ1v) is 9.97. The molecule has 0 amide bonds. The number of oxazole rings is 1. The molecule has 4 rings (SSSR count). The highest BCUT2D eigenvalue weighted by Crippen LogP contribution is 2.31. The van der Waals surface area contributed by atoms with Crippen LogP contribution in [0.3, 0.4) is 0 Å². The minimum atomic E-state index is -0.632. The third-order valence-electron chi connectivity index (χ3n) is 5.28. The molecule has 0 aliphatic carbocycles. The Balaban J connectivity index is 1.64. The summed E-state index contributed by atoms with van der Waals surface area (Å²) in [5.41, 5.74) is 4.02. The highest BCUT2D eigenvalue weighted by molar-refractivity contribution is 5.87. The Morgan fingerprint density at radius 1 is 1.19 bits per heavy atom. The zero-order valence-corrected chi connectivity index (χ0v) is 17.1. The molecule has 0 saturated heterocycles. The maximum absolute atomic E-state index is 11.0. The first-order chi connectivity index (χ1) is 15.0. The SMILES string of the molecule is CC[C@H](C)c1ccc2oc(-c3cccc(N=Cc4cccc([N+](=O)[O-])c4O)c3)nc2c1. The summed E-state index contributed by atoms with van der Waals surface area (Å²) in [6.07, 6.45) is 2.45. The number of aliphatic imine (C=N–C) groups is 1. The molecule has 4 aromatic rings. The van der Waals surface area contributed by atoms with Gasteiger partial charge in [0.05, 0.1) is 10.6 Å². The minimum absolute atomic E-state index is 0.263. The van der Waals surface area contributed by atoms with Crippen LogP contribution >= 0.6 is 0 Å².